The van der Waals surface area contributed by atoms with Gasteiger partial charge in [0.25, 0.3) is 11.8 Å². The molecule has 2 N–H and O–H groups in total. The number of aryl methyl sites for hydroxylation is 2. The highest BCUT2D eigenvalue weighted by Gasteiger charge is 2.31. The van der Waals surface area contributed by atoms with E-state index in [1.807, 2.05) is 19.9 Å². The van der Waals surface area contributed by atoms with Gasteiger partial charge in [-0.1, -0.05) is 0 Å². The number of likely N-dealkylation sites (tertiary alicyclic amines) is 1. The smallest absolute Gasteiger partial charge is 0.287 e. The van der Waals surface area contributed by atoms with Crippen LogP contribution in [0.1, 0.15) is 32.0 Å². The number of aromatic nitrogens is 2. The zero-order chi connectivity index (χ0) is 22.6. The summed E-state index contributed by atoms with van der Waals surface area (Å²) in [5, 5.41) is 17.2. The van der Waals surface area contributed by atoms with E-state index in [9.17, 15) is 14.7 Å². The molecule has 0 unspecified atom stereocenters. The van der Waals surface area contributed by atoms with Crippen molar-refractivity contribution in [3.8, 4) is 11.5 Å². The van der Waals surface area contributed by atoms with Crippen molar-refractivity contribution in [1.82, 2.24) is 19.8 Å². The largest absolute Gasteiger partial charge is 0.455 e. The highest BCUT2D eigenvalue weighted by molar-refractivity contribution is 5.99. The number of benzene rings is 1. The minimum atomic E-state index is -0.461. The fraction of sp³-hybridized carbons (Fsp3) is 0.261. The van der Waals surface area contributed by atoms with Gasteiger partial charge in [0.05, 0.1) is 17.9 Å². The maximum Gasteiger partial charge on any atom is 0.287 e. The van der Waals surface area contributed by atoms with Crippen molar-refractivity contribution in [2.24, 2.45) is 0 Å². The number of furan rings is 1. The summed E-state index contributed by atoms with van der Waals surface area (Å²) in [5.41, 5.74) is 3.25. The van der Waals surface area contributed by atoms with Crippen molar-refractivity contribution in [2.75, 3.05) is 20.1 Å². The predicted octanol–water partition coefficient (Wildman–Crippen LogP) is 2.67. The van der Waals surface area contributed by atoms with Gasteiger partial charge >= 0.3 is 0 Å². The first-order valence-corrected chi connectivity index (χ1v) is 10.2. The van der Waals surface area contributed by atoms with Crippen LogP contribution in [-0.4, -0.2) is 57.7 Å². The number of carbonyl (C=O) groups excluding carboxylic acids is 2. The number of amides is 2. The van der Waals surface area contributed by atoms with E-state index < -0.39 is 6.10 Å². The van der Waals surface area contributed by atoms with Gasteiger partial charge in [-0.15, -0.1) is 0 Å². The molecule has 1 fully saturated rings. The van der Waals surface area contributed by atoms with Crippen molar-refractivity contribution in [1.29, 1.82) is 0 Å². The average molecular weight is 434 g/mol. The summed E-state index contributed by atoms with van der Waals surface area (Å²) in [6.07, 6.45) is 2.82. The van der Waals surface area contributed by atoms with Gasteiger partial charge in [0.2, 0.25) is 0 Å². The maximum absolute atomic E-state index is 12.8. The zero-order valence-corrected chi connectivity index (χ0v) is 17.9. The van der Waals surface area contributed by atoms with E-state index in [1.54, 1.807) is 47.1 Å². The van der Waals surface area contributed by atoms with Crippen LogP contribution in [0.2, 0.25) is 0 Å². The Morgan fingerprint density at radius 3 is 2.72 bits per heavy atom. The van der Waals surface area contributed by atoms with Crippen molar-refractivity contribution >= 4 is 28.3 Å². The standard InChI is InChI=1S/C23H22N4O5/c1-12-17(23(30)26-9-14(28)10-26)11-27-20(12)18(6-7-25-27)31-15-4-5-16-13(2)21(22(29)24-3)32-19(16)8-15/h4-8,11,14,28H,9-10H2,1-3H3,(H,24,29). The number of aliphatic hydroxyl groups is 1. The zero-order valence-electron chi connectivity index (χ0n) is 17.9. The van der Waals surface area contributed by atoms with E-state index in [0.29, 0.717) is 41.3 Å². The van der Waals surface area contributed by atoms with Gasteiger partial charge in [-0.3, -0.25) is 9.59 Å². The number of aliphatic hydroxyl groups excluding tert-OH is 1. The fourth-order valence-corrected chi connectivity index (χ4v) is 4.04. The van der Waals surface area contributed by atoms with E-state index in [2.05, 4.69) is 10.4 Å². The van der Waals surface area contributed by atoms with Gasteiger partial charge in [0.1, 0.15) is 16.8 Å². The molecule has 2 amide bonds. The van der Waals surface area contributed by atoms with Gasteiger partial charge in [-0.25, -0.2) is 4.52 Å². The Morgan fingerprint density at radius 1 is 1.22 bits per heavy atom. The molecule has 5 rings (SSSR count). The van der Waals surface area contributed by atoms with Crippen LogP contribution in [0, 0.1) is 13.8 Å². The lowest BCUT2D eigenvalue weighted by molar-refractivity contribution is 0.00585. The summed E-state index contributed by atoms with van der Waals surface area (Å²) < 4.78 is 13.5. The summed E-state index contributed by atoms with van der Waals surface area (Å²) in [6, 6.07) is 7.12. The topological polar surface area (TPSA) is 109 Å². The molecule has 3 aromatic heterocycles. The Bertz CT molecular complexity index is 1380. The lowest BCUT2D eigenvalue weighted by atomic mass is 10.1. The molecule has 9 nitrogen and oxygen atoms in total. The van der Waals surface area contributed by atoms with Crippen LogP contribution in [0.25, 0.3) is 16.5 Å². The molecule has 0 bridgehead atoms. The van der Waals surface area contributed by atoms with Crippen LogP contribution >= 0.6 is 0 Å². The normalized spacial score (nSPS) is 14.1. The molecule has 0 spiro atoms. The second-order valence-corrected chi connectivity index (χ2v) is 7.92. The van der Waals surface area contributed by atoms with Gasteiger partial charge in [-0.05, 0) is 31.5 Å². The number of nitrogens with one attached hydrogen (secondary N) is 1. The Hall–Kier alpha value is -3.85. The Morgan fingerprint density at radius 2 is 2.00 bits per heavy atom. The molecule has 4 heterocycles. The summed E-state index contributed by atoms with van der Waals surface area (Å²) >= 11 is 0. The molecular weight excluding hydrogens is 412 g/mol. The molecule has 164 valence electrons. The molecule has 0 radical (unpaired) electrons. The lowest BCUT2D eigenvalue weighted by Gasteiger charge is -2.35. The molecule has 0 saturated carbocycles. The first-order chi connectivity index (χ1) is 15.4. The maximum atomic E-state index is 12.8. The van der Waals surface area contributed by atoms with Crippen molar-refractivity contribution in [2.45, 2.75) is 20.0 Å². The van der Waals surface area contributed by atoms with Crippen LogP contribution in [-0.2, 0) is 0 Å². The van der Waals surface area contributed by atoms with Crippen LogP contribution in [0.4, 0.5) is 0 Å². The van der Waals surface area contributed by atoms with E-state index in [1.165, 1.54) is 0 Å². The number of ether oxygens (including phenoxy) is 1. The quantitative estimate of drug-likeness (QED) is 0.511. The number of hydrogen-bond donors (Lipinski definition) is 2. The molecule has 1 aliphatic rings. The SMILES string of the molecule is CNC(=O)c1oc2cc(Oc3ccnn4cc(C(=O)N5CC(O)C5)c(C)c34)ccc2c1C. The molecule has 32 heavy (non-hydrogen) atoms. The molecule has 9 heteroatoms. The van der Waals surface area contributed by atoms with E-state index in [-0.39, 0.29) is 17.6 Å². The van der Waals surface area contributed by atoms with Gasteiger partial charge < -0.3 is 24.5 Å². The molecular formula is C23H22N4O5. The number of fused-ring (bicyclic) bond motifs is 2. The summed E-state index contributed by atoms with van der Waals surface area (Å²) in [4.78, 5) is 26.4. The molecule has 1 aliphatic heterocycles. The number of carbonyl (C=O) groups is 2. The third-order valence-electron chi connectivity index (χ3n) is 5.84. The van der Waals surface area contributed by atoms with Gasteiger partial charge in [-0.2, -0.15) is 5.10 Å². The van der Waals surface area contributed by atoms with Gasteiger partial charge in [0.15, 0.2) is 11.5 Å². The Kier molecular flexibility index (Phi) is 4.63. The fourth-order valence-electron chi connectivity index (χ4n) is 4.04. The van der Waals surface area contributed by atoms with Crippen LogP contribution in [0.3, 0.4) is 0 Å². The van der Waals surface area contributed by atoms with Gasteiger partial charge in [0, 0.05) is 49.4 Å². The van der Waals surface area contributed by atoms with E-state index in [0.717, 1.165) is 16.5 Å². The van der Waals surface area contributed by atoms with Crippen molar-refractivity contribution < 1.29 is 23.8 Å². The first-order valence-electron chi connectivity index (χ1n) is 10.2. The number of rotatable bonds is 4. The second kappa shape index (κ2) is 7.38. The molecule has 1 saturated heterocycles. The summed E-state index contributed by atoms with van der Waals surface area (Å²) in [7, 11) is 1.56. The molecule has 1 aromatic carbocycles. The highest BCUT2D eigenvalue weighted by Crippen LogP contribution is 2.34. The summed E-state index contributed by atoms with van der Waals surface area (Å²) in [5.74, 6) is 0.912. The number of hydrogen-bond acceptors (Lipinski definition) is 6. The first kappa shape index (κ1) is 20.1. The average Bonchev–Trinajstić information content (AvgIpc) is 3.28. The minimum Gasteiger partial charge on any atom is -0.455 e. The lowest BCUT2D eigenvalue weighted by Crippen LogP contribution is -2.53. The van der Waals surface area contributed by atoms with Crippen molar-refractivity contribution in [3.63, 3.8) is 0 Å². The predicted molar refractivity (Wildman–Crippen MR) is 116 cm³/mol. The molecule has 4 aromatic rings. The van der Waals surface area contributed by atoms with Crippen LogP contribution < -0.4 is 10.1 Å². The second-order valence-electron chi connectivity index (χ2n) is 7.92. The number of β-amino-alcohol motifs (C(OH)–C–C–N with tert-alkyl or cyclic N) is 1. The minimum absolute atomic E-state index is 0.140. The van der Waals surface area contributed by atoms with E-state index in [4.69, 9.17) is 9.15 Å². The summed E-state index contributed by atoms with van der Waals surface area (Å²) in [6.45, 7) is 4.36. The monoisotopic (exact) mass is 434 g/mol. The van der Waals surface area contributed by atoms with Crippen LogP contribution in [0.15, 0.2) is 41.1 Å². The van der Waals surface area contributed by atoms with E-state index >= 15 is 0 Å². The molecule has 0 aliphatic carbocycles. The molecule has 0 atom stereocenters. The highest BCUT2D eigenvalue weighted by atomic mass is 16.5. The van der Waals surface area contributed by atoms with Crippen molar-refractivity contribution in [3.05, 3.63) is 59.1 Å². The third-order valence-corrected chi connectivity index (χ3v) is 5.84. The van der Waals surface area contributed by atoms with Crippen LogP contribution in [0.5, 0.6) is 11.5 Å². The Balaban J connectivity index is 1.50. The third kappa shape index (κ3) is 3.09. The Labute approximate surface area is 183 Å². The number of nitrogens with zero attached hydrogens (tertiary/aromatic N) is 3.